The zero-order valence-corrected chi connectivity index (χ0v) is 15.3. The van der Waals surface area contributed by atoms with E-state index in [1.165, 1.54) is 45.2 Å². The number of amides is 1. The van der Waals surface area contributed by atoms with Crippen molar-refractivity contribution < 1.29 is 4.79 Å². The van der Waals surface area contributed by atoms with Crippen LogP contribution in [0.3, 0.4) is 0 Å². The van der Waals surface area contributed by atoms with Crippen LogP contribution in [0.1, 0.15) is 48.3 Å². The molecule has 2 aliphatic rings. The molecule has 0 aliphatic carbocycles. The molecule has 4 rings (SSSR count). The number of hydrogen-bond donors (Lipinski definition) is 1. The van der Waals surface area contributed by atoms with E-state index in [1.807, 2.05) is 31.2 Å². The van der Waals surface area contributed by atoms with Gasteiger partial charge in [-0.1, -0.05) is 18.6 Å². The number of nitrogens with one attached hydrogen (secondary N) is 1. The third-order valence-corrected chi connectivity index (χ3v) is 5.76. The number of benzene rings is 1. The van der Waals surface area contributed by atoms with Crippen molar-refractivity contribution in [1.29, 1.82) is 0 Å². The number of carbonyl (C=O) groups is 1. The summed E-state index contributed by atoms with van der Waals surface area (Å²) in [5.74, 6) is 1.16. The van der Waals surface area contributed by atoms with Gasteiger partial charge in [0.05, 0.1) is 11.3 Å². The molecule has 0 bridgehead atoms. The molecule has 26 heavy (non-hydrogen) atoms. The van der Waals surface area contributed by atoms with Crippen LogP contribution in [0.2, 0.25) is 0 Å². The van der Waals surface area contributed by atoms with Crippen molar-refractivity contribution in [1.82, 2.24) is 30.4 Å². The van der Waals surface area contributed by atoms with Gasteiger partial charge in [-0.05, 0) is 74.2 Å². The predicted molar refractivity (Wildman–Crippen MR) is 98.2 cm³/mol. The number of aromatic nitrogens is 4. The lowest BCUT2D eigenvalue weighted by atomic mass is 9.83. The summed E-state index contributed by atoms with van der Waals surface area (Å²) in [6.45, 7) is 5.00. The molecule has 0 unspecified atom stereocenters. The summed E-state index contributed by atoms with van der Waals surface area (Å²) in [5.41, 5.74) is 1.33. The quantitative estimate of drug-likeness (QED) is 0.908. The topological polar surface area (TPSA) is 75.9 Å². The minimum Gasteiger partial charge on any atom is -0.352 e. The molecular weight excluding hydrogens is 328 g/mol. The van der Waals surface area contributed by atoms with Crippen LogP contribution in [-0.4, -0.2) is 56.7 Å². The molecule has 2 atom stereocenters. The van der Waals surface area contributed by atoms with E-state index in [0.717, 1.165) is 12.2 Å². The number of nitrogens with zero attached hydrogens (tertiary/aromatic N) is 5. The third-order valence-electron chi connectivity index (χ3n) is 5.76. The third kappa shape index (κ3) is 3.35. The van der Waals surface area contributed by atoms with Gasteiger partial charge >= 0.3 is 0 Å². The molecule has 1 amide bonds. The van der Waals surface area contributed by atoms with E-state index in [-0.39, 0.29) is 5.91 Å². The normalized spacial score (nSPS) is 23.4. The average Bonchev–Trinajstić information content (AvgIpc) is 3.12. The Hall–Kier alpha value is -2.28. The molecule has 2 aromatic rings. The molecule has 7 nitrogen and oxygen atoms in total. The first-order valence-electron chi connectivity index (χ1n) is 9.60. The minimum absolute atomic E-state index is 0.0524. The highest BCUT2D eigenvalue weighted by molar-refractivity contribution is 5.97. The van der Waals surface area contributed by atoms with Crippen molar-refractivity contribution in [3.8, 4) is 5.69 Å². The summed E-state index contributed by atoms with van der Waals surface area (Å²) in [7, 11) is 0. The van der Waals surface area contributed by atoms with Crippen LogP contribution in [0.15, 0.2) is 24.3 Å². The van der Waals surface area contributed by atoms with E-state index in [0.29, 0.717) is 23.3 Å². The molecule has 138 valence electrons. The number of fused-ring (bicyclic) bond motifs is 1. The van der Waals surface area contributed by atoms with Gasteiger partial charge in [-0.15, -0.1) is 5.10 Å². The van der Waals surface area contributed by atoms with Gasteiger partial charge in [0.15, 0.2) is 5.82 Å². The molecule has 2 saturated heterocycles. The van der Waals surface area contributed by atoms with Crippen LogP contribution >= 0.6 is 0 Å². The van der Waals surface area contributed by atoms with E-state index >= 15 is 0 Å². The lowest BCUT2D eigenvalue weighted by molar-refractivity contribution is 0.0575. The lowest BCUT2D eigenvalue weighted by Crippen LogP contribution is -2.51. The van der Waals surface area contributed by atoms with Crippen molar-refractivity contribution in [3.05, 3.63) is 35.7 Å². The maximum Gasteiger partial charge on any atom is 0.253 e. The highest BCUT2D eigenvalue weighted by atomic mass is 16.1. The maximum atomic E-state index is 12.9. The number of rotatable bonds is 4. The van der Waals surface area contributed by atoms with Gasteiger partial charge in [-0.2, -0.15) is 4.68 Å². The van der Waals surface area contributed by atoms with Gasteiger partial charge in [-0.25, -0.2) is 0 Å². The van der Waals surface area contributed by atoms with Crippen LogP contribution in [0.4, 0.5) is 0 Å². The van der Waals surface area contributed by atoms with Gasteiger partial charge in [0.2, 0.25) is 0 Å². The van der Waals surface area contributed by atoms with Crippen molar-refractivity contribution in [2.24, 2.45) is 5.92 Å². The second-order valence-electron chi connectivity index (χ2n) is 7.37. The Labute approximate surface area is 153 Å². The zero-order chi connectivity index (χ0) is 17.9. The standard InChI is InChI=1S/C19H26N6O/c1-14-21-22-23-25(14)18-10-3-2-8-16(18)19(26)20-13-15-7-6-12-24-11-5-4-9-17(15)24/h2-3,8,10,15,17H,4-7,9,11-13H2,1H3,(H,20,26)/t15-,17+/m0/s1. The van der Waals surface area contributed by atoms with Gasteiger partial charge in [0, 0.05) is 12.6 Å². The molecule has 1 aromatic heterocycles. The molecule has 2 fully saturated rings. The molecule has 7 heteroatoms. The summed E-state index contributed by atoms with van der Waals surface area (Å²) in [6.07, 6.45) is 6.33. The molecule has 3 heterocycles. The van der Waals surface area contributed by atoms with Gasteiger partial charge in [0.25, 0.3) is 5.91 Å². The average molecular weight is 354 g/mol. The van der Waals surface area contributed by atoms with E-state index in [4.69, 9.17) is 0 Å². The molecule has 0 saturated carbocycles. The van der Waals surface area contributed by atoms with E-state index < -0.39 is 0 Å². The zero-order valence-electron chi connectivity index (χ0n) is 15.3. The molecular formula is C19H26N6O. The van der Waals surface area contributed by atoms with Crippen LogP contribution < -0.4 is 5.32 Å². The van der Waals surface area contributed by atoms with Gasteiger partial charge in [-0.3, -0.25) is 4.79 Å². The molecule has 2 aliphatic heterocycles. The number of carbonyl (C=O) groups excluding carboxylic acids is 1. The summed E-state index contributed by atoms with van der Waals surface area (Å²) < 4.78 is 1.61. The number of aryl methyl sites for hydroxylation is 1. The van der Waals surface area contributed by atoms with Gasteiger partial charge in [0.1, 0.15) is 0 Å². The fourth-order valence-electron chi connectivity index (χ4n) is 4.44. The monoisotopic (exact) mass is 354 g/mol. The van der Waals surface area contributed by atoms with Crippen molar-refractivity contribution >= 4 is 5.91 Å². The minimum atomic E-state index is -0.0524. The largest absolute Gasteiger partial charge is 0.352 e. The first kappa shape index (κ1) is 17.1. The number of piperidine rings is 2. The Morgan fingerprint density at radius 1 is 1.19 bits per heavy atom. The smallest absolute Gasteiger partial charge is 0.253 e. The van der Waals surface area contributed by atoms with E-state index in [2.05, 4.69) is 25.7 Å². The highest BCUT2D eigenvalue weighted by Crippen LogP contribution is 2.30. The fourth-order valence-corrected chi connectivity index (χ4v) is 4.44. The highest BCUT2D eigenvalue weighted by Gasteiger charge is 2.33. The summed E-state index contributed by atoms with van der Waals surface area (Å²) in [6, 6.07) is 8.12. The second-order valence-corrected chi connectivity index (χ2v) is 7.37. The SMILES string of the molecule is Cc1nnnn1-c1ccccc1C(=O)NC[C@@H]1CCCN2CCCC[C@H]12. The van der Waals surface area contributed by atoms with Gasteiger partial charge < -0.3 is 10.2 Å². The predicted octanol–water partition coefficient (Wildman–Crippen LogP) is 1.97. The summed E-state index contributed by atoms with van der Waals surface area (Å²) >= 11 is 0. The maximum absolute atomic E-state index is 12.9. The Kier molecular flexibility index (Phi) is 4.97. The lowest BCUT2D eigenvalue weighted by Gasteiger charge is -2.44. The molecule has 1 aromatic carbocycles. The Bertz CT molecular complexity index is 771. The van der Waals surface area contributed by atoms with Crippen LogP contribution in [0, 0.1) is 12.8 Å². The number of para-hydroxylation sites is 1. The fraction of sp³-hybridized carbons (Fsp3) is 0.579. The Morgan fingerprint density at radius 2 is 2.04 bits per heavy atom. The van der Waals surface area contributed by atoms with Crippen molar-refractivity contribution in [2.45, 2.75) is 45.1 Å². The first-order valence-corrected chi connectivity index (χ1v) is 9.60. The first-order chi connectivity index (χ1) is 12.7. The van der Waals surface area contributed by atoms with Crippen LogP contribution in [-0.2, 0) is 0 Å². The van der Waals surface area contributed by atoms with Crippen LogP contribution in [0.5, 0.6) is 0 Å². The second kappa shape index (κ2) is 7.53. The molecule has 1 N–H and O–H groups in total. The summed E-state index contributed by atoms with van der Waals surface area (Å²) in [5, 5.41) is 14.8. The molecule has 0 spiro atoms. The number of tetrazole rings is 1. The van der Waals surface area contributed by atoms with E-state index in [1.54, 1.807) is 4.68 Å². The number of hydrogen-bond acceptors (Lipinski definition) is 5. The Balaban J connectivity index is 1.47. The van der Waals surface area contributed by atoms with Crippen molar-refractivity contribution in [2.75, 3.05) is 19.6 Å². The Morgan fingerprint density at radius 3 is 2.88 bits per heavy atom. The molecule has 0 radical (unpaired) electrons. The van der Waals surface area contributed by atoms with Crippen molar-refractivity contribution in [3.63, 3.8) is 0 Å². The van der Waals surface area contributed by atoms with Crippen LogP contribution in [0.25, 0.3) is 5.69 Å². The van der Waals surface area contributed by atoms with E-state index in [9.17, 15) is 4.79 Å². The summed E-state index contributed by atoms with van der Waals surface area (Å²) in [4.78, 5) is 15.5.